The van der Waals surface area contributed by atoms with Gasteiger partial charge in [-0.2, -0.15) is 0 Å². The van der Waals surface area contributed by atoms with Crippen LogP contribution in [0.5, 0.6) is 0 Å². The number of rotatable bonds is 9. The molecule has 0 heterocycles. The van der Waals surface area contributed by atoms with Gasteiger partial charge in [-0.1, -0.05) is 42.5 Å². The maximum absolute atomic E-state index is 13.2. The van der Waals surface area contributed by atoms with Gasteiger partial charge in [-0.05, 0) is 37.1 Å². The first-order chi connectivity index (χ1) is 14.1. The first-order valence-electron chi connectivity index (χ1n) is 9.27. The fourth-order valence-electron chi connectivity index (χ4n) is 2.85. The molecule has 0 aliphatic heterocycles. The number of benzene rings is 2. The summed E-state index contributed by atoms with van der Waals surface area (Å²) < 4.78 is 26.4. The van der Waals surface area contributed by atoms with Crippen molar-refractivity contribution in [2.24, 2.45) is 0 Å². The maximum atomic E-state index is 13.2. The molecule has 2 unspecified atom stereocenters. The topological polar surface area (TPSA) is 111 Å². The van der Waals surface area contributed by atoms with Gasteiger partial charge in [0.2, 0.25) is 0 Å². The number of amides is 2. The third kappa shape index (κ3) is 4.99. The zero-order valence-electron chi connectivity index (χ0n) is 16.7. The second kappa shape index (κ2) is 9.75. The second-order valence-corrected chi connectivity index (χ2v) is 7.14. The molecule has 9 heteroatoms. The molecule has 0 aromatic heterocycles. The molecule has 0 saturated carbocycles. The van der Waals surface area contributed by atoms with Crippen LogP contribution in [0, 0.1) is 0 Å². The fourth-order valence-corrected chi connectivity index (χ4v) is 2.85. The molecular formula is C21H25F2N3O4. The molecule has 2 aromatic rings. The largest absolute Gasteiger partial charge is 0.382 e. The van der Waals surface area contributed by atoms with Gasteiger partial charge in [0.1, 0.15) is 11.1 Å². The van der Waals surface area contributed by atoms with Crippen LogP contribution >= 0.6 is 0 Å². The predicted molar refractivity (Wildman–Crippen MR) is 107 cm³/mol. The molecule has 0 fully saturated rings. The number of nitrogens with one attached hydrogen (secondary N) is 3. The summed E-state index contributed by atoms with van der Waals surface area (Å²) >= 11 is 0. The number of hydrogen-bond acceptors (Lipinski definition) is 5. The lowest BCUT2D eigenvalue weighted by Gasteiger charge is -2.40. The Balaban J connectivity index is 1.95. The molecule has 0 spiro atoms. The molecular weight excluding hydrogens is 396 g/mol. The number of carbonyl (C=O) groups excluding carboxylic acids is 2. The van der Waals surface area contributed by atoms with E-state index in [2.05, 4.69) is 10.6 Å². The molecule has 2 amide bonds. The Labute approximate surface area is 173 Å². The number of hydroxylamine groups is 1. The number of carbonyl (C=O) groups is 2. The van der Waals surface area contributed by atoms with E-state index in [4.69, 9.17) is 5.21 Å². The van der Waals surface area contributed by atoms with E-state index in [0.29, 0.717) is 5.56 Å². The van der Waals surface area contributed by atoms with Gasteiger partial charge in [-0.3, -0.25) is 20.1 Å². The molecule has 7 nitrogen and oxygen atoms in total. The highest BCUT2D eigenvalue weighted by Crippen LogP contribution is 2.28. The smallest absolute Gasteiger partial charge is 0.268 e. The van der Waals surface area contributed by atoms with Crippen LogP contribution < -0.4 is 16.1 Å². The summed E-state index contributed by atoms with van der Waals surface area (Å²) in [5.41, 5.74) is -1.31. The summed E-state index contributed by atoms with van der Waals surface area (Å²) in [6, 6.07) is 16.6. The summed E-state index contributed by atoms with van der Waals surface area (Å²) in [4.78, 5) is 24.2. The Morgan fingerprint density at radius 1 is 0.967 bits per heavy atom. The Kier molecular flexibility index (Phi) is 7.60. The van der Waals surface area contributed by atoms with Gasteiger partial charge in [-0.15, -0.1) is 0 Å². The van der Waals surface area contributed by atoms with Crippen molar-refractivity contribution in [1.29, 1.82) is 0 Å². The van der Waals surface area contributed by atoms with Crippen LogP contribution in [-0.4, -0.2) is 52.8 Å². The van der Waals surface area contributed by atoms with E-state index >= 15 is 0 Å². The van der Waals surface area contributed by atoms with Crippen LogP contribution in [0.2, 0.25) is 0 Å². The second-order valence-electron chi connectivity index (χ2n) is 7.14. The summed E-state index contributed by atoms with van der Waals surface area (Å²) in [7, 11) is 0. The molecule has 30 heavy (non-hydrogen) atoms. The van der Waals surface area contributed by atoms with E-state index in [0.717, 1.165) is 25.0 Å². The molecule has 0 saturated heterocycles. The van der Waals surface area contributed by atoms with Crippen molar-refractivity contribution < 1.29 is 28.7 Å². The lowest BCUT2D eigenvalue weighted by atomic mass is 9.81. The Morgan fingerprint density at radius 2 is 1.53 bits per heavy atom. The Morgan fingerprint density at radius 3 is 2.07 bits per heavy atom. The predicted octanol–water partition coefficient (Wildman–Crippen LogP) is 1.95. The lowest BCUT2D eigenvalue weighted by Crippen LogP contribution is -2.70. The van der Waals surface area contributed by atoms with Crippen molar-refractivity contribution >= 4 is 11.8 Å². The molecule has 162 valence electrons. The summed E-state index contributed by atoms with van der Waals surface area (Å²) in [6.45, 7) is 1.70. The molecule has 5 N–H and O–H groups in total. The summed E-state index contributed by atoms with van der Waals surface area (Å²) in [5, 5.41) is 24.0. The Hall–Kier alpha value is -2.88. The van der Waals surface area contributed by atoms with Gasteiger partial charge >= 0.3 is 0 Å². The van der Waals surface area contributed by atoms with Crippen molar-refractivity contribution in [2.75, 3.05) is 13.1 Å². The molecule has 2 atom stereocenters. The standard InChI is InChI=1S/C21H25F2N3O4/c1-20(19(28)26-30,21(2,29)18(22)23)25-13-12-24-17(27)16-10-8-15(9-11-16)14-6-4-3-5-7-14/h3-11,18,25,29-30H,12-13H2,1-2H3,(H,24,27)(H,26,28). The molecule has 2 rings (SSSR count). The SMILES string of the molecule is CC(NCCNC(=O)c1ccc(-c2ccccc2)cc1)(C(=O)NO)C(C)(O)C(F)F. The molecule has 0 aliphatic rings. The van der Waals surface area contributed by atoms with Crippen LogP contribution in [0.1, 0.15) is 24.2 Å². The quantitative estimate of drug-likeness (QED) is 0.242. The van der Waals surface area contributed by atoms with E-state index in [1.165, 1.54) is 5.48 Å². The number of aliphatic hydroxyl groups is 1. The average molecular weight is 421 g/mol. The highest BCUT2D eigenvalue weighted by atomic mass is 19.3. The Bertz CT molecular complexity index is 860. The van der Waals surface area contributed by atoms with Crippen molar-refractivity contribution in [3.8, 4) is 11.1 Å². The van der Waals surface area contributed by atoms with E-state index < -0.39 is 23.5 Å². The van der Waals surface area contributed by atoms with Crippen LogP contribution in [0.25, 0.3) is 11.1 Å². The van der Waals surface area contributed by atoms with E-state index in [1.54, 1.807) is 12.1 Å². The zero-order chi connectivity index (χ0) is 22.4. The lowest BCUT2D eigenvalue weighted by molar-refractivity contribution is -0.167. The van der Waals surface area contributed by atoms with Gasteiger partial charge in [0, 0.05) is 18.7 Å². The molecule has 0 radical (unpaired) electrons. The van der Waals surface area contributed by atoms with Crippen molar-refractivity contribution in [2.45, 2.75) is 31.4 Å². The van der Waals surface area contributed by atoms with Crippen molar-refractivity contribution in [1.82, 2.24) is 16.1 Å². The first kappa shape index (κ1) is 23.4. The minimum absolute atomic E-state index is 0.00706. The number of alkyl halides is 2. The third-order valence-corrected chi connectivity index (χ3v) is 5.14. The monoisotopic (exact) mass is 421 g/mol. The van der Waals surface area contributed by atoms with Crippen molar-refractivity contribution in [3.63, 3.8) is 0 Å². The van der Waals surface area contributed by atoms with E-state index in [9.17, 15) is 23.5 Å². The third-order valence-electron chi connectivity index (χ3n) is 5.14. The zero-order valence-corrected chi connectivity index (χ0v) is 16.7. The normalized spacial score (nSPS) is 15.2. The van der Waals surface area contributed by atoms with E-state index in [-0.39, 0.29) is 19.0 Å². The van der Waals surface area contributed by atoms with Crippen LogP contribution in [0.3, 0.4) is 0 Å². The van der Waals surface area contributed by atoms with Crippen molar-refractivity contribution in [3.05, 3.63) is 60.2 Å². The summed E-state index contributed by atoms with van der Waals surface area (Å²) in [6.07, 6.45) is -3.26. The fraction of sp³-hybridized carbons (Fsp3) is 0.333. The van der Waals surface area contributed by atoms with Crippen LogP contribution in [-0.2, 0) is 4.79 Å². The number of hydrogen-bond donors (Lipinski definition) is 5. The minimum Gasteiger partial charge on any atom is -0.382 e. The van der Waals surface area contributed by atoms with E-state index in [1.807, 2.05) is 42.5 Å². The van der Waals surface area contributed by atoms with Gasteiger partial charge in [0.05, 0.1) is 0 Å². The number of halogens is 2. The van der Waals surface area contributed by atoms with Gasteiger partial charge in [0.15, 0.2) is 0 Å². The minimum atomic E-state index is -3.26. The van der Waals surface area contributed by atoms with Gasteiger partial charge in [-0.25, -0.2) is 14.3 Å². The van der Waals surface area contributed by atoms with Crippen LogP contribution in [0.15, 0.2) is 54.6 Å². The van der Waals surface area contributed by atoms with Gasteiger partial charge in [0.25, 0.3) is 18.2 Å². The summed E-state index contributed by atoms with van der Waals surface area (Å²) in [5.74, 6) is -1.61. The molecule has 2 aromatic carbocycles. The average Bonchev–Trinajstić information content (AvgIpc) is 2.76. The van der Waals surface area contributed by atoms with Gasteiger partial charge < -0.3 is 10.4 Å². The molecule has 0 aliphatic carbocycles. The maximum Gasteiger partial charge on any atom is 0.268 e. The first-order valence-corrected chi connectivity index (χ1v) is 9.27. The highest BCUT2D eigenvalue weighted by Gasteiger charge is 2.54. The van der Waals surface area contributed by atoms with Crippen LogP contribution in [0.4, 0.5) is 8.78 Å². The highest BCUT2D eigenvalue weighted by molar-refractivity contribution is 5.94. The molecule has 0 bridgehead atoms.